The van der Waals surface area contributed by atoms with E-state index in [0.717, 1.165) is 0 Å². The summed E-state index contributed by atoms with van der Waals surface area (Å²) in [6.07, 6.45) is -1.30. The maximum absolute atomic E-state index is 11.9. The van der Waals surface area contributed by atoms with Crippen LogP contribution in [-0.4, -0.2) is 50.6 Å². The average Bonchev–Trinajstić information content (AvgIpc) is 2.15. The van der Waals surface area contributed by atoms with E-state index >= 15 is 0 Å². The van der Waals surface area contributed by atoms with Gasteiger partial charge in [0.2, 0.25) is 0 Å². The van der Waals surface area contributed by atoms with E-state index in [9.17, 15) is 13.2 Å². The molecule has 0 saturated carbocycles. The van der Waals surface area contributed by atoms with E-state index in [0.29, 0.717) is 19.6 Å². The Hall–Kier alpha value is -0.860. The minimum absolute atomic E-state index is 0.187. The van der Waals surface area contributed by atoms with Gasteiger partial charge in [-0.15, -0.1) is 0 Å². The molecule has 2 N–H and O–H groups in total. The molecule has 0 aliphatic carbocycles. The fourth-order valence-corrected chi connectivity index (χ4v) is 2.84. The highest BCUT2D eigenvalue weighted by Gasteiger charge is 2.31. The summed E-state index contributed by atoms with van der Waals surface area (Å²) in [7, 11) is -3.81. The topological polar surface area (TPSA) is 87.7 Å². The second kappa shape index (κ2) is 5.65. The third kappa shape index (κ3) is 4.14. The van der Waals surface area contributed by atoms with Gasteiger partial charge in [-0.1, -0.05) is 0 Å². The molecule has 17 heavy (non-hydrogen) atoms. The maximum atomic E-state index is 11.9. The number of nitrogens with one attached hydrogen (secondary N) is 2. The predicted molar refractivity (Wildman–Crippen MR) is 62.7 cm³/mol. The van der Waals surface area contributed by atoms with Gasteiger partial charge in [-0.2, -0.15) is 12.7 Å². The number of ether oxygens (including phenoxy) is 1. The highest BCUT2D eigenvalue weighted by atomic mass is 32.2. The molecule has 1 rings (SSSR count). The Bertz CT molecular complexity index is 368. The Morgan fingerprint density at radius 1 is 1.53 bits per heavy atom. The van der Waals surface area contributed by atoms with Crippen LogP contribution in [0, 0.1) is 0 Å². The molecule has 1 heterocycles. The van der Waals surface area contributed by atoms with Crippen molar-refractivity contribution in [1.29, 1.82) is 0 Å². The lowest BCUT2D eigenvalue weighted by Gasteiger charge is -2.32. The molecule has 8 heteroatoms. The molecule has 1 saturated heterocycles. The fraction of sp³-hybridized carbons (Fsp3) is 0.889. The second-order valence-corrected chi connectivity index (χ2v) is 5.85. The molecule has 0 radical (unpaired) electrons. The fourth-order valence-electron chi connectivity index (χ4n) is 1.58. The number of hydrogen-bond donors (Lipinski definition) is 2. The van der Waals surface area contributed by atoms with Crippen molar-refractivity contribution in [3.05, 3.63) is 0 Å². The van der Waals surface area contributed by atoms with E-state index in [1.807, 2.05) is 4.72 Å². The second-order valence-electron chi connectivity index (χ2n) is 4.23. The predicted octanol–water partition coefficient (Wildman–Crippen LogP) is -0.340. The molecule has 100 valence electrons. The van der Waals surface area contributed by atoms with Crippen molar-refractivity contribution in [1.82, 2.24) is 14.3 Å². The van der Waals surface area contributed by atoms with Gasteiger partial charge in [-0.3, -0.25) is 0 Å². The summed E-state index contributed by atoms with van der Waals surface area (Å²) in [4.78, 5) is 11.3. The first-order chi connectivity index (χ1) is 7.83. The Morgan fingerprint density at radius 3 is 2.71 bits per heavy atom. The van der Waals surface area contributed by atoms with Gasteiger partial charge in [-0.05, 0) is 20.8 Å². The third-order valence-electron chi connectivity index (χ3n) is 2.30. The van der Waals surface area contributed by atoms with Crippen LogP contribution in [0.3, 0.4) is 0 Å². The summed E-state index contributed by atoms with van der Waals surface area (Å²) in [6, 6.07) is -0.187. The van der Waals surface area contributed by atoms with Crippen molar-refractivity contribution in [2.45, 2.75) is 32.9 Å². The van der Waals surface area contributed by atoms with Gasteiger partial charge >= 0.3 is 16.3 Å². The van der Waals surface area contributed by atoms with E-state index in [-0.39, 0.29) is 12.1 Å². The van der Waals surface area contributed by atoms with Crippen molar-refractivity contribution in [3.63, 3.8) is 0 Å². The van der Waals surface area contributed by atoms with Crippen LogP contribution in [-0.2, 0) is 14.9 Å². The molecule has 0 unspecified atom stereocenters. The number of carbonyl (C=O) groups excluding carboxylic acids is 1. The standard InChI is InChI=1S/C9H19N3O4S/c1-7(2)16-9(13)11-17(14,15)12-5-4-10-6-8(12)3/h7-8,10H,4-6H2,1-3H3,(H,11,13)/t8-/m0/s1. The molecule has 1 fully saturated rings. The van der Waals surface area contributed by atoms with E-state index in [1.54, 1.807) is 20.8 Å². The summed E-state index contributed by atoms with van der Waals surface area (Å²) < 4.78 is 31.6. The first kappa shape index (κ1) is 14.2. The SMILES string of the molecule is CC(C)OC(=O)NS(=O)(=O)N1CCNC[C@@H]1C. The highest BCUT2D eigenvalue weighted by molar-refractivity contribution is 7.87. The van der Waals surface area contributed by atoms with Crippen LogP contribution in [0.2, 0.25) is 0 Å². The quantitative estimate of drug-likeness (QED) is 0.729. The van der Waals surface area contributed by atoms with Crippen molar-refractivity contribution >= 4 is 16.3 Å². The first-order valence-electron chi connectivity index (χ1n) is 5.54. The number of hydrogen-bond acceptors (Lipinski definition) is 5. The molecule has 1 atom stereocenters. The molecule has 0 bridgehead atoms. The monoisotopic (exact) mass is 265 g/mol. The molecule has 1 amide bonds. The van der Waals surface area contributed by atoms with E-state index < -0.39 is 16.3 Å². The number of carbonyl (C=O) groups is 1. The zero-order chi connectivity index (χ0) is 13.1. The van der Waals surface area contributed by atoms with Gasteiger partial charge in [-0.25, -0.2) is 9.52 Å². The summed E-state index contributed by atoms with van der Waals surface area (Å²) in [5, 5.41) is 3.07. The number of nitrogens with zero attached hydrogens (tertiary/aromatic N) is 1. The Balaban J connectivity index is 2.64. The maximum Gasteiger partial charge on any atom is 0.422 e. The number of amides is 1. The van der Waals surface area contributed by atoms with Gasteiger partial charge in [0.1, 0.15) is 0 Å². The van der Waals surface area contributed by atoms with Gasteiger partial charge in [0.15, 0.2) is 0 Å². The Kier molecular flexibility index (Phi) is 4.72. The molecule has 0 spiro atoms. The minimum atomic E-state index is -3.81. The van der Waals surface area contributed by atoms with Gasteiger partial charge in [0.25, 0.3) is 0 Å². The number of rotatable bonds is 3. The van der Waals surface area contributed by atoms with Gasteiger partial charge < -0.3 is 10.1 Å². The molecule has 0 aromatic rings. The van der Waals surface area contributed by atoms with Crippen molar-refractivity contribution in [2.75, 3.05) is 19.6 Å². The van der Waals surface area contributed by atoms with E-state index in [1.165, 1.54) is 4.31 Å². The molecule has 0 aromatic heterocycles. The lowest BCUT2D eigenvalue weighted by molar-refractivity contribution is 0.120. The smallest absolute Gasteiger partial charge is 0.422 e. The first-order valence-corrected chi connectivity index (χ1v) is 6.98. The minimum Gasteiger partial charge on any atom is -0.446 e. The molecular formula is C9H19N3O4S. The van der Waals surface area contributed by atoms with Gasteiger partial charge in [0, 0.05) is 25.7 Å². The normalized spacial score (nSPS) is 22.5. The molecule has 0 aromatic carbocycles. The zero-order valence-electron chi connectivity index (χ0n) is 10.3. The van der Waals surface area contributed by atoms with Crippen molar-refractivity contribution in [3.8, 4) is 0 Å². The third-order valence-corrected chi connectivity index (χ3v) is 3.89. The van der Waals surface area contributed by atoms with Crippen LogP contribution < -0.4 is 10.0 Å². The summed E-state index contributed by atoms with van der Waals surface area (Å²) in [6.45, 7) is 6.56. The lowest BCUT2D eigenvalue weighted by Crippen LogP contribution is -2.56. The highest BCUT2D eigenvalue weighted by Crippen LogP contribution is 2.07. The van der Waals surface area contributed by atoms with Crippen LogP contribution in [0.4, 0.5) is 4.79 Å². The summed E-state index contributed by atoms with van der Waals surface area (Å²) in [5.74, 6) is 0. The number of piperazine rings is 1. The van der Waals surface area contributed by atoms with Gasteiger partial charge in [0.05, 0.1) is 6.10 Å². The lowest BCUT2D eigenvalue weighted by atomic mass is 10.3. The van der Waals surface area contributed by atoms with Crippen molar-refractivity contribution in [2.24, 2.45) is 0 Å². The summed E-state index contributed by atoms with van der Waals surface area (Å²) in [5.41, 5.74) is 0. The van der Waals surface area contributed by atoms with Crippen LogP contribution in [0.1, 0.15) is 20.8 Å². The van der Waals surface area contributed by atoms with E-state index in [2.05, 4.69) is 5.32 Å². The zero-order valence-corrected chi connectivity index (χ0v) is 11.1. The molecular weight excluding hydrogens is 246 g/mol. The largest absolute Gasteiger partial charge is 0.446 e. The van der Waals surface area contributed by atoms with Crippen LogP contribution in [0.15, 0.2) is 0 Å². The van der Waals surface area contributed by atoms with Crippen LogP contribution >= 0.6 is 0 Å². The van der Waals surface area contributed by atoms with Crippen LogP contribution in [0.5, 0.6) is 0 Å². The Morgan fingerprint density at radius 2 is 2.18 bits per heavy atom. The van der Waals surface area contributed by atoms with Crippen LogP contribution in [0.25, 0.3) is 0 Å². The Labute approximate surface area is 102 Å². The summed E-state index contributed by atoms with van der Waals surface area (Å²) >= 11 is 0. The molecule has 1 aliphatic rings. The van der Waals surface area contributed by atoms with Crippen molar-refractivity contribution < 1.29 is 17.9 Å². The van der Waals surface area contributed by atoms with E-state index in [4.69, 9.17) is 4.74 Å². The average molecular weight is 265 g/mol. The molecule has 7 nitrogen and oxygen atoms in total. The molecule has 1 aliphatic heterocycles.